The van der Waals surface area contributed by atoms with E-state index >= 15 is 0 Å². The molecule has 5 aromatic carbocycles. The van der Waals surface area contributed by atoms with Crippen molar-refractivity contribution in [1.82, 2.24) is 9.97 Å². The molecule has 0 aliphatic carbocycles. The first-order valence-corrected chi connectivity index (χ1v) is 11.9. The zero-order chi connectivity index (χ0) is 23.6. The highest BCUT2D eigenvalue weighted by atomic mass is 14.9. The first-order chi connectivity index (χ1) is 17.3. The lowest BCUT2D eigenvalue weighted by atomic mass is 9.90. The Morgan fingerprint density at radius 1 is 0.429 bits per heavy atom. The Morgan fingerprint density at radius 2 is 0.914 bits per heavy atom. The van der Waals surface area contributed by atoms with Gasteiger partial charge in [0.15, 0.2) is 0 Å². The highest BCUT2D eigenvalue weighted by Gasteiger charge is 2.16. The molecule has 0 N–H and O–H groups in total. The van der Waals surface area contributed by atoms with E-state index < -0.39 is 0 Å². The Balaban J connectivity index is 1.70. The van der Waals surface area contributed by atoms with E-state index in [1.165, 1.54) is 16.7 Å². The van der Waals surface area contributed by atoms with E-state index in [4.69, 9.17) is 9.97 Å². The van der Waals surface area contributed by atoms with Crippen LogP contribution in [0.4, 0.5) is 0 Å². The molecule has 1 aromatic heterocycles. The van der Waals surface area contributed by atoms with Gasteiger partial charge >= 0.3 is 0 Å². The second-order valence-electron chi connectivity index (χ2n) is 8.68. The molecule has 0 saturated heterocycles. The second kappa shape index (κ2) is 9.00. The van der Waals surface area contributed by atoms with Crippen molar-refractivity contribution in [3.8, 4) is 44.6 Å². The van der Waals surface area contributed by atoms with Gasteiger partial charge in [0.05, 0.1) is 11.2 Å². The van der Waals surface area contributed by atoms with E-state index in [0.717, 1.165) is 44.7 Å². The van der Waals surface area contributed by atoms with Gasteiger partial charge in [0.25, 0.3) is 0 Å². The molecule has 1 heterocycles. The fourth-order valence-corrected chi connectivity index (χ4v) is 4.76. The summed E-state index contributed by atoms with van der Waals surface area (Å²) in [6, 6.07) is 44.6. The van der Waals surface area contributed by atoms with Crippen molar-refractivity contribution in [2.24, 2.45) is 0 Å². The molecule has 0 aliphatic heterocycles. The lowest BCUT2D eigenvalue weighted by Gasteiger charge is -2.16. The van der Waals surface area contributed by atoms with Gasteiger partial charge in [0.2, 0.25) is 0 Å². The Kier molecular flexibility index (Phi) is 5.40. The van der Waals surface area contributed by atoms with Crippen LogP contribution in [-0.2, 0) is 0 Å². The third-order valence-corrected chi connectivity index (χ3v) is 6.37. The van der Waals surface area contributed by atoms with Crippen molar-refractivity contribution < 1.29 is 0 Å². The lowest BCUT2D eigenvalue weighted by Crippen LogP contribution is -1.97. The Bertz CT molecular complexity index is 1620. The summed E-state index contributed by atoms with van der Waals surface area (Å²) in [7, 11) is 0. The van der Waals surface area contributed by atoms with E-state index in [9.17, 15) is 0 Å². The van der Waals surface area contributed by atoms with Crippen LogP contribution in [0.3, 0.4) is 0 Å². The molecule has 2 heteroatoms. The van der Waals surface area contributed by atoms with E-state index in [1.54, 1.807) is 0 Å². The summed E-state index contributed by atoms with van der Waals surface area (Å²) in [4.78, 5) is 9.85. The van der Waals surface area contributed by atoms with E-state index in [1.807, 2.05) is 13.0 Å². The fraction of sp³-hybridized carbons (Fsp3) is 0.0303. The van der Waals surface area contributed by atoms with Gasteiger partial charge in [-0.1, -0.05) is 115 Å². The van der Waals surface area contributed by atoms with Crippen LogP contribution < -0.4 is 0 Å². The first kappa shape index (κ1) is 21.0. The number of aryl methyl sites for hydroxylation is 1. The summed E-state index contributed by atoms with van der Waals surface area (Å²) in [6.45, 7) is 1.97. The Labute approximate surface area is 205 Å². The normalized spacial score (nSPS) is 11.0. The van der Waals surface area contributed by atoms with Gasteiger partial charge in [-0.15, -0.1) is 0 Å². The quantitative estimate of drug-likeness (QED) is 0.270. The number of fused-ring (bicyclic) bond motifs is 1. The molecule has 0 amide bonds. The number of benzene rings is 5. The Hall–Kier alpha value is -4.56. The predicted molar refractivity (Wildman–Crippen MR) is 146 cm³/mol. The molecule has 0 fully saturated rings. The molecule has 6 aromatic rings. The molecule has 0 bridgehead atoms. The smallest absolute Gasteiger partial charge is 0.126 e. The van der Waals surface area contributed by atoms with Gasteiger partial charge in [-0.25, -0.2) is 9.97 Å². The fourth-order valence-electron chi connectivity index (χ4n) is 4.76. The summed E-state index contributed by atoms with van der Waals surface area (Å²) < 4.78 is 0. The van der Waals surface area contributed by atoms with Crippen LogP contribution in [0.15, 0.2) is 127 Å². The topological polar surface area (TPSA) is 25.8 Å². The number of hydrogen-bond acceptors (Lipinski definition) is 2. The van der Waals surface area contributed by atoms with Gasteiger partial charge in [-0.05, 0) is 46.9 Å². The van der Waals surface area contributed by atoms with Crippen LogP contribution in [0, 0.1) is 6.92 Å². The molecule has 0 radical (unpaired) electrons. The van der Waals surface area contributed by atoms with Gasteiger partial charge < -0.3 is 0 Å². The zero-order valence-corrected chi connectivity index (χ0v) is 19.5. The van der Waals surface area contributed by atoms with Crippen molar-refractivity contribution in [2.45, 2.75) is 6.92 Å². The molecule has 2 nitrogen and oxygen atoms in total. The number of aromatic nitrogens is 2. The van der Waals surface area contributed by atoms with Crippen molar-refractivity contribution in [3.05, 3.63) is 133 Å². The van der Waals surface area contributed by atoms with Crippen LogP contribution in [0.25, 0.3) is 55.5 Å². The van der Waals surface area contributed by atoms with Gasteiger partial charge in [-0.2, -0.15) is 0 Å². The first-order valence-electron chi connectivity index (χ1n) is 11.9. The molecule has 0 aliphatic rings. The number of nitrogens with zero attached hydrogens (tertiary/aromatic N) is 2. The standard InChI is InChI=1S/C33H24N2/c1-23-34-32(26-17-9-4-10-18-26)31-22-27(21-30(33(31)35-23)25-15-7-3-8-16-25)29-20-12-11-19-28(29)24-13-5-2-6-14-24/h2-22H,1H3. The maximum atomic E-state index is 4.94. The molecular weight excluding hydrogens is 424 g/mol. The monoisotopic (exact) mass is 448 g/mol. The highest BCUT2D eigenvalue weighted by molar-refractivity contribution is 6.04. The minimum Gasteiger partial charge on any atom is -0.233 e. The molecule has 0 spiro atoms. The predicted octanol–water partition coefficient (Wildman–Crippen LogP) is 8.61. The average molecular weight is 449 g/mol. The third kappa shape index (κ3) is 4.00. The molecule has 6 rings (SSSR count). The zero-order valence-electron chi connectivity index (χ0n) is 19.5. The number of rotatable bonds is 4. The molecule has 166 valence electrons. The maximum Gasteiger partial charge on any atom is 0.126 e. The van der Waals surface area contributed by atoms with Crippen LogP contribution in [0.5, 0.6) is 0 Å². The van der Waals surface area contributed by atoms with E-state index in [2.05, 4.69) is 121 Å². The summed E-state index contributed by atoms with van der Waals surface area (Å²) in [6.07, 6.45) is 0. The molecular formula is C33H24N2. The minimum atomic E-state index is 0.769. The van der Waals surface area contributed by atoms with E-state index in [-0.39, 0.29) is 0 Å². The summed E-state index contributed by atoms with van der Waals surface area (Å²) in [5, 5.41) is 1.06. The largest absolute Gasteiger partial charge is 0.233 e. The van der Waals surface area contributed by atoms with Crippen LogP contribution >= 0.6 is 0 Å². The van der Waals surface area contributed by atoms with Crippen LogP contribution in [0.2, 0.25) is 0 Å². The Morgan fingerprint density at radius 3 is 1.51 bits per heavy atom. The van der Waals surface area contributed by atoms with Gasteiger partial charge in [0.1, 0.15) is 5.82 Å². The summed E-state index contributed by atoms with van der Waals surface area (Å²) in [5.74, 6) is 0.769. The van der Waals surface area contributed by atoms with Crippen LogP contribution in [0.1, 0.15) is 5.82 Å². The molecule has 0 saturated carbocycles. The van der Waals surface area contributed by atoms with E-state index in [0.29, 0.717) is 0 Å². The lowest BCUT2D eigenvalue weighted by molar-refractivity contribution is 1.10. The van der Waals surface area contributed by atoms with Crippen molar-refractivity contribution in [3.63, 3.8) is 0 Å². The summed E-state index contributed by atoms with van der Waals surface area (Å²) in [5.41, 5.74) is 10.0. The molecule has 35 heavy (non-hydrogen) atoms. The van der Waals surface area contributed by atoms with Crippen molar-refractivity contribution >= 4 is 10.9 Å². The third-order valence-electron chi connectivity index (χ3n) is 6.37. The maximum absolute atomic E-state index is 4.94. The molecule has 0 atom stereocenters. The SMILES string of the molecule is Cc1nc(-c2ccccc2)c2cc(-c3ccccc3-c3ccccc3)cc(-c3ccccc3)c2n1. The average Bonchev–Trinajstić information content (AvgIpc) is 2.93. The van der Waals surface area contributed by atoms with Crippen molar-refractivity contribution in [1.29, 1.82) is 0 Å². The van der Waals surface area contributed by atoms with Crippen LogP contribution in [-0.4, -0.2) is 9.97 Å². The highest BCUT2D eigenvalue weighted by Crippen LogP contribution is 2.39. The van der Waals surface area contributed by atoms with Gasteiger partial charge in [0, 0.05) is 16.5 Å². The number of hydrogen-bond donors (Lipinski definition) is 0. The van der Waals surface area contributed by atoms with Crippen molar-refractivity contribution in [2.75, 3.05) is 0 Å². The minimum absolute atomic E-state index is 0.769. The second-order valence-corrected chi connectivity index (χ2v) is 8.68. The molecule has 0 unspecified atom stereocenters. The van der Waals surface area contributed by atoms with Gasteiger partial charge in [-0.3, -0.25) is 0 Å². The summed E-state index contributed by atoms with van der Waals surface area (Å²) >= 11 is 0.